The van der Waals surface area contributed by atoms with Crippen LogP contribution in [0.3, 0.4) is 0 Å². The zero-order chi connectivity index (χ0) is 20.3. The molecule has 2 saturated heterocycles. The van der Waals surface area contributed by atoms with Gasteiger partial charge in [0.2, 0.25) is 5.43 Å². The summed E-state index contributed by atoms with van der Waals surface area (Å²) in [7, 11) is 0. The van der Waals surface area contributed by atoms with Crippen LogP contribution in [-0.4, -0.2) is 52.4 Å². The Hall–Kier alpha value is -2.61. The van der Waals surface area contributed by atoms with E-state index >= 15 is 4.39 Å². The lowest BCUT2D eigenvalue weighted by atomic mass is 10.1. The minimum absolute atomic E-state index is 0.159. The van der Waals surface area contributed by atoms with E-state index in [9.17, 15) is 9.59 Å². The summed E-state index contributed by atoms with van der Waals surface area (Å²) in [5.74, 6) is -0.729. The van der Waals surface area contributed by atoms with E-state index < -0.39 is 17.4 Å². The molecule has 3 fully saturated rings. The van der Waals surface area contributed by atoms with E-state index in [4.69, 9.17) is 5.11 Å². The second-order valence-corrected chi connectivity index (χ2v) is 8.27. The Kier molecular flexibility index (Phi) is 4.27. The quantitative estimate of drug-likeness (QED) is 0.793. The van der Waals surface area contributed by atoms with Gasteiger partial charge in [0.1, 0.15) is 5.82 Å². The molecule has 1 saturated carbocycles. The first-order chi connectivity index (χ1) is 14.0. The van der Waals surface area contributed by atoms with Crippen LogP contribution < -0.4 is 15.1 Å². The minimum atomic E-state index is -1.55. The van der Waals surface area contributed by atoms with Crippen LogP contribution in [0.15, 0.2) is 23.1 Å². The maximum atomic E-state index is 15.1. The van der Waals surface area contributed by atoms with Crippen LogP contribution in [0.1, 0.15) is 38.6 Å². The van der Waals surface area contributed by atoms with Gasteiger partial charge in [-0.15, -0.1) is 0 Å². The van der Waals surface area contributed by atoms with Crippen molar-refractivity contribution in [3.05, 3.63) is 34.4 Å². The lowest BCUT2D eigenvalue weighted by Gasteiger charge is -2.41. The molecule has 1 aliphatic carbocycles. The Morgan fingerprint density at radius 2 is 1.83 bits per heavy atom. The van der Waals surface area contributed by atoms with Gasteiger partial charge >= 0.3 is 6.16 Å². The number of halogens is 1. The first-order valence-corrected chi connectivity index (χ1v) is 10.3. The number of carboxylic acid groups (broad SMARTS) is 1. The molecule has 7 nitrogen and oxygen atoms in total. The van der Waals surface area contributed by atoms with Crippen molar-refractivity contribution in [1.29, 1.82) is 0 Å². The number of nitrogens with zero attached hydrogens (tertiary/aromatic N) is 3. The number of carbonyl (C=O) groups is 1. The van der Waals surface area contributed by atoms with E-state index in [1.54, 1.807) is 6.07 Å². The number of likely N-dealkylation sites (N-methyl/N-ethyl adjacent to an activating group) is 1. The topological polar surface area (TPSA) is 75.0 Å². The molecule has 0 spiro atoms. The molecule has 154 valence electrons. The van der Waals surface area contributed by atoms with Crippen LogP contribution >= 0.6 is 0 Å². The molecule has 2 atom stereocenters. The summed E-state index contributed by atoms with van der Waals surface area (Å²) in [5, 5.41) is 9.08. The van der Waals surface area contributed by atoms with Gasteiger partial charge in [-0.3, -0.25) is 9.69 Å². The molecule has 0 radical (unpaired) electrons. The normalized spacial score (nSPS) is 24.3. The number of anilines is 1. The van der Waals surface area contributed by atoms with Crippen molar-refractivity contribution >= 4 is 22.7 Å². The third-order valence-electron chi connectivity index (χ3n) is 6.54. The summed E-state index contributed by atoms with van der Waals surface area (Å²) in [6, 6.07) is 4.06. The number of benzene rings is 1. The fourth-order valence-electron chi connectivity index (χ4n) is 5.10. The Morgan fingerprint density at radius 1 is 1.17 bits per heavy atom. The first kappa shape index (κ1) is 18.4. The van der Waals surface area contributed by atoms with Crippen molar-refractivity contribution in [3.63, 3.8) is 0 Å². The number of rotatable bonds is 4. The second kappa shape index (κ2) is 6.73. The zero-order valence-electron chi connectivity index (χ0n) is 16.3. The molecule has 2 aliphatic heterocycles. The monoisotopic (exact) mass is 401 g/mol. The molecule has 1 aromatic carbocycles. The summed E-state index contributed by atoms with van der Waals surface area (Å²) >= 11 is 0. The number of piperazine rings is 1. The van der Waals surface area contributed by atoms with E-state index in [2.05, 4.69) is 21.5 Å². The molecular weight excluding hydrogens is 377 g/mol. The second-order valence-electron chi connectivity index (χ2n) is 8.27. The van der Waals surface area contributed by atoms with Crippen LogP contribution in [0.25, 0.3) is 10.9 Å². The molecule has 3 aliphatic rings. The van der Waals surface area contributed by atoms with E-state index in [1.165, 1.54) is 12.3 Å². The highest BCUT2D eigenvalue weighted by atomic mass is 19.1. The summed E-state index contributed by atoms with van der Waals surface area (Å²) in [5.41, 5.74) is 0.559. The van der Waals surface area contributed by atoms with Gasteiger partial charge in [-0.25, -0.2) is 9.18 Å². The van der Waals surface area contributed by atoms with Gasteiger partial charge in [-0.1, -0.05) is 6.92 Å². The standard InChI is InChI=1S/C21H24FN3O4/c1-2-24-13-5-6-14(24)10-23(9-13)18-8-17-15(7-16(18)22)20(26)19(29-21(27)28)11-25(17)12-3-4-12/h7-8,11-14H,2-6,9-10H2,1H3,(H,27,28). The van der Waals surface area contributed by atoms with Crippen molar-refractivity contribution in [2.24, 2.45) is 0 Å². The Morgan fingerprint density at radius 3 is 2.41 bits per heavy atom. The molecule has 1 N–H and O–H groups in total. The molecule has 0 amide bonds. The zero-order valence-corrected chi connectivity index (χ0v) is 16.3. The van der Waals surface area contributed by atoms with E-state index in [1.807, 2.05) is 4.57 Å². The average Bonchev–Trinajstić information content (AvgIpc) is 3.49. The van der Waals surface area contributed by atoms with Gasteiger partial charge in [0.25, 0.3) is 0 Å². The molecular formula is C21H24FN3O4. The van der Waals surface area contributed by atoms with Crippen molar-refractivity contribution in [2.45, 2.75) is 50.7 Å². The molecule has 5 rings (SSSR count). The highest BCUT2D eigenvalue weighted by molar-refractivity contribution is 5.85. The van der Waals surface area contributed by atoms with Gasteiger partial charge < -0.3 is 19.3 Å². The van der Waals surface area contributed by atoms with Crippen LogP contribution in [0.4, 0.5) is 14.9 Å². The number of hydrogen-bond acceptors (Lipinski definition) is 5. The fraction of sp³-hybridized carbons (Fsp3) is 0.524. The van der Waals surface area contributed by atoms with Crippen molar-refractivity contribution in [1.82, 2.24) is 9.47 Å². The molecule has 3 heterocycles. The molecule has 29 heavy (non-hydrogen) atoms. The molecule has 2 aromatic rings. The van der Waals surface area contributed by atoms with Gasteiger partial charge in [-0.05, 0) is 44.4 Å². The minimum Gasteiger partial charge on any atom is -0.449 e. The highest BCUT2D eigenvalue weighted by Gasteiger charge is 2.39. The molecule has 1 aromatic heterocycles. The SMILES string of the molecule is CCN1C2CCC1CN(c1cc3c(cc1F)c(=O)c(OC(=O)O)cn3C1CC1)C2. The van der Waals surface area contributed by atoms with E-state index in [0.717, 1.165) is 45.3 Å². The average molecular weight is 401 g/mol. The number of fused-ring (bicyclic) bond motifs is 3. The van der Waals surface area contributed by atoms with E-state index in [0.29, 0.717) is 23.3 Å². The maximum absolute atomic E-state index is 15.1. The summed E-state index contributed by atoms with van der Waals surface area (Å²) in [6.45, 7) is 4.74. The Balaban J connectivity index is 1.60. The van der Waals surface area contributed by atoms with Gasteiger partial charge in [0, 0.05) is 31.2 Å². The highest BCUT2D eigenvalue weighted by Crippen LogP contribution is 2.40. The first-order valence-electron chi connectivity index (χ1n) is 10.3. The van der Waals surface area contributed by atoms with Gasteiger partial charge in [-0.2, -0.15) is 0 Å². The molecule has 8 heteroatoms. The Labute approximate surface area is 167 Å². The fourth-order valence-corrected chi connectivity index (χ4v) is 5.10. The smallest absolute Gasteiger partial charge is 0.449 e. The third-order valence-corrected chi connectivity index (χ3v) is 6.54. The molecule has 2 unspecified atom stereocenters. The van der Waals surface area contributed by atoms with Gasteiger partial charge in [0.05, 0.1) is 22.8 Å². The summed E-state index contributed by atoms with van der Waals surface area (Å²) < 4.78 is 21.7. The lowest BCUT2D eigenvalue weighted by Crippen LogP contribution is -2.53. The largest absolute Gasteiger partial charge is 0.511 e. The Bertz CT molecular complexity index is 1030. The van der Waals surface area contributed by atoms with Crippen molar-refractivity contribution < 1.29 is 19.0 Å². The van der Waals surface area contributed by atoms with Crippen LogP contribution in [-0.2, 0) is 0 Å². The predicted molar refractivity (Wildman–Crippen MR) is 106 cm³/mol. The summed E-state index contributed by atoms with van der Waals surface area (Å²) in [4.78, 5) is 28.3. The van der Waals surface area contributed by atoms with E-state index in [-0.39, 0.29) is 17.2 Å². The number of aromatic nitrogens is 1. The van der Waals surface area contributed by atoms with Crippen LogP contribution in [0, 0.1) is 5.82 Å². The van der Waals surface area contributed by atoms with Gasteiger partial charge in [0.15, 0.2) is 5.75 Å². The summed E-state index contributed by atoms with van der Waals surface area (Å²) in [6.07, 6.45) is 4.05. The molecule has 2 bridgehead atoms. The maximum Gasteiger partial charge on any atom is 0.511 e. The number of pyridine rings is 1. The number of ether oxygens (including phenoxy) is 1. The number of hydrogen-bond donors (Lipinski definition) is 1. The predicted octanol–water partition coefficient (Wildman–Crippen LogP) is 3.21. The van der Waals surface area contributed by atoms with Crippen molar-refractivity contribution in [2.75, 3.05) is 24.5 Å². The third kappa shape index (κ3) is 3.06. The lowest BCUT2D eigenvalue weighted by molar-refractivity contribution is 0.143. The van der Waals surface area contributed by atoms with Crippen LogP contribution in [0.2, 0.25) is 0 Å². The van der Waals surface area contributed by atoms with Crippen LogP contribution in [0.5, 0.6) is 5.75 Å². The van der Waals surface area contributed by atoms with Crippen molar-refractivity contribution in [3.8, 4) is 5.75 Å².